The number of hydrogen-bond donors (Lipinski definition) is 4. The highest BCUT2D eigenvalue weighted by atomic mass is 35.5. The monoisotopic (exact) mass is 512 g/mol. The molecular formula is C28H37ClN4O3. The maximum absolute atomic E-state index is 11.3. The van der Waals surface area contributed by atoms with Crippen molar-refractivity contribution < 1.29 is 14.9 Å². The molecule has 194 valence electrons. The number of imidazole rings is 1. The fourth-order valence-electron chi connectivity index (χ4n) is 9.21. The van der Waals surface area contributed by atoms with E-state index >= 15 is 0 Å². The van der Waals surface area contributed by atoms with E-state index in [2.05, 4.69) is 35.1 Å². The van der Waals surface area contributed by atoms with Crippen molar-refractivity contribution in [2.45, 2.75) is 86.2 Å². The largest absolute Gasteiger partial charge is 0.390 e. The number of aromatic nitrogens is 2. The summed E-state index contributed by atoms with van der Waals surface area (Å²) in [6.45, 7) is 2.40. The Bertz CT molecular complexity index is 1280. The van der Waals surface area contributed by atoms with Gasteiger partial charge in [0.1, 0.15) is 0 Å². The first kappa shape index (κ1) is 23.5. The third-order valence-electron chi connectivity index (χ3n) is 11.0. The Labute approximate surface area is 217 Å². The van der Waals surface area contributed by atoms with Crippen LogP contribution in [0.3, 0.4) is 0 Å². The Balaban J connectivity index is 1.27. The number of H-pyrrole nitrogens is 1. The van der Waals surface area contributed by atoms with Gasteiger partial charge in [-0.3, -0.25) is 0 Å². The maximum atomic E-state index is 11.3. The fourth-order valence-corrected chi connectivity index (χ4v) is 9.73. The Morgan fingerprint density at radius 1 is 1.14 bits per heavy atom. The quantitative estimate of drug-likeness (QED) is 0.457. The topological polar surface area (TPSA) is 108 Å². The van der Waals surface area contributed by atoms with Crippen LogP contribution in [0.4, 0.5) is 5.95 Å². The molecule has 5 aliphatic rings. The number of anilines is 1. The molecule has 2 bridgehead atoms. The minimum absolute atomic E-state index is 0.0518. The highest BCUT2D eigenvalue weighted by molar-refractivity contribution is 6.25. The number of aliphatic hydroxyl groups is 2. The van der Waals surface area contributed by atoms with Gasteiger partial charge in [0.05, 0.1) is 39.3 Å². The fraction of sp³-hybridized carbons (Fsp3) is 0.679. The number of aliphatic hydroxyl groups excluding tert-OH is 2. The number of rotatable bonds is 2. The number of likely N-dealkylation sites (N-methyl/N-ethyl adjacent to an activating group) is 1. The van der Waals surface area contributed by atoms with Crippen LogP contribution in [0.2, 0.25) is 0 Å². The molecule has 3 unspecified atom stereocenters. The third kappa shape index (κ3) is 2.76. The van der Waals surface area contributed by atoms with Crippen molar-refractivity contribution in [3.8, 4) is 0 Å². The molecule has 8 heteroatoms. The summed E-state index contributed by atoms with van der Waals surface area (Å²) in [6.07, 6.45) is 6.79. The molecule has 36 heavy (non-hydrogen) atoms. The lowest BCUT2D eigenvalue weighted by Gasteiger charge is -2.65. The minimum atomic E-state index is -0.822. The highest BCUT2D eigenvalue weighted by Gasteiger charge is 2.76. The van der Waals surface area contributed by atoms with E-state index in [-0.39, 0.29) is 23.3 Å². The van der Waals surface area contributed by atoms with Crippen LogP contribution in [0.25, 0.3) is 16.6 Å². The molecule has 2 saturated carbocycles. The van der Waals surface area contributed by atoms with Gasteiger partial charge in [0.15, 0.2) is 5.95 Å². The zero-order chi connectivity index (χ0) is 25.3. The first-order valence-corrected chi connectivity index (χ1v) is 13.8. The molecule has 2 aliphatic heterocycles. The second-order valence-corrected chi connectivity index (χ2v) is 13.4. The van der Waals surface area contributed by atoms with Gasteiger partial charge in [-0.25, -0.2) is 4.98 Å². The van der Waals surface area contributed by atoms with Crippen molar-refractivity contribution in [2.75, 3.05) is 19.8 Å². The summed E-state index contributed by atoms with van der Waals surface area (Å²) in [5.41, 5.74) is 9.40. The van der Waals surface area contributed by atoms with E-state index in [9.17, 15) is 10.2 Å². The number of allylic oxidation sites excluding steroid dienone is 2. The smallest absolute Gasteiger partial charge is 0.198 e. The van der Waals surface area contributed by atoms with E-state index in [1.807, 2.05) is 25.1 Å². The number of ether oxygens (including phenoxy) is 1. The molecular weight excluding hydrogens is 476 g/mol. The first-order valence-electron chi connectivity index (χ1n) is 13.4. The summed E-state index contributed by atoms with van der Waals surface area (Å²) in [7, 11) is 3.96. The van der Waals surface area contributed by atoms with Gasteiger partial charge in [0.2, 0.25) is 0 Å². The van der Waals surface area contributed by atoms with E-state index in [0.717, 1.165) is 49.6 Å². The summed E-state index contributed by atoms with van der Waals surface area (Å²) in [6, 6.07) is 6.25. The molecule has 7 nitrogen and oxygen atoms in total. The van der Waals surface area contributed by atoms with Gasteiger partial charge in [-0.1, -0.05) is 19.1 Å². The number of fused-ring (bicyclic) bond motifs is 2. The molecule has 1 aromatic heterocycles. The Kier molecular flexibility index (Phi) is 4.74. The number of aromatic amines is 1. The van der Waals surface area contributed by atoms with Crippen LogP contribution in [0.5, 0.6) is 0 Å². The number of nitrogens with zero attached hydrogens (tertiary/aromatic N) is 2. The molecule has 4 fully saturated rings. The summed E-state index contributed by atoms with van der Waals surface area (Å²) in [4.78, 5) is 9.05. The maximum Gasteiger partial charge on any atom is 0.198 e. The summed E-state index contributed by atoms with van der Waals surface area (Å²) in [5.74, 6) is 0.575. The summed E-state index contributed by atoms with van der Waals surface area (Å²) >= 11 is 7.61. The zero-order valence-electron chi connectivity index (χ0n) is 21.3. The number of nitrogens with two attached hydrogens (primary N) is 1. The van der Waals surface area contributed by atoms with Crippen LogP contribution in [-0.2, 0) is 4.74 Å². The van der Waals surface area contributed by atoms with E-state index < -0.39 is 28.3 Å². The number of nitrogen functional groups attached to an aromatic ring is 1. The number of benzene rings is 1. The average Bonchev–Trinajstić information content (AvgIpc) is 3.49. The Hall–Kier alpha value is -1.64. The number of alkyl halides is 1. The average molecular weight is 513 g/mol. The predicted molar refractivity (Wildman–Crippen MR) is 141 cm³/mol. The lowest BCUT2D eigenvalue weighted by molar-refractivity contribution is -0.276. The Morgan fingerprint density at radius 2 is 1.94 bits per heavy atom. The molecule has 2 spiro atoms. The molecule has 3 aliphatic carbocycles. The van der Waals surface area contributed by atoms with Crippen LogP contribution in [0.1, 0.15) is 57.4 Å². The van der Waals surface area contributed by atoms with Gasteiger partial charge in [0, 0.05) is 17.9 Å². The molecule has 5 N–H and O–H groups in total. The molecule has 0 amide bonds. The predicted octanol–water partition coefficient (Wildman–Crippen LogP) is 3.69. The number of halogens is 1. The number of hydrogen-bond acceptors (Lipinski definition) is 6. The first-order chi connectivity index (χ1) is 17.0. The minimum Gasteiger partial charge on any atom is -0.390 e. The summed E-state index contributed by atoms with van der Waals surface area (Å²) < 4.78 is 7.32. The van der Waals surface area contributed by atoms with E-state index in [1.165, 1.54) is 11.1 Å². The molecule has 7 rings (SSSR count). The number of nitrogens with one attached hydrogen (secondary N) is 1. The Morgan fingerprint density at radius 3 is 2.72 bits per heavy atom. The van der Waals surface area contributed by atoms with E-state index in [0.29, 0.717) is 12.4 Å². The van der Waals surface area contributed by atoms with Crippen molar-refractivity contribution in [3.05, 3.63) is 29.8 Å². The molecule has 3 heterocycles. The zero-order valence-corrected chi connectivity index (χ0v) is 22.1. The lowest BCUT2D eigenvalue weighted by Crippen LogP contribution is -2.72. The standard InChI is InChI=1S/C28H37ClN4O3/c1-25-8-10-27(29)13-17-22(34)23(35)20(33(2)3)14-26(17)9-11-28(27,36-26)21(25)7-5-16(25)15-4-6-18-19(12-15)32-24(30)31-18/h4-6,12,17,20-23,34-35H,7-11,13-14H2,1-3H3,(H3,30,31,32)/t17?,20-,21?,22+,23+,25+,26+,27?,28-/m0/s1. The third-order valence-corrected chi connectivity index (χ3v) is 11.7. The van der Waals surface area contributed by atoms with E-state index in [1.54, 1.807) is 0 Å². The van der Waals surface area contributed by atoms with Gasteiger partial charge >= 0.3 is 0 Å². The van der Waals surface area contributed by atoms with Gasteiger partial charge in [0.25, 0.3) is 0 Å². The second-order valence-electron chi connectivity index (χ2n) is 12.7. The highest BCUT2D eigenvalue weighted by Crippen LogP contribution is 2.73. The molecule has 2 aromatic rings. The van der Waals surface area contributed by atoms with Gasteiger partial charge in [-0.2, -0.15) is 0 Å². The van der Waals surface area contributed by atoms with Crippen molar-refractivity contribution >= 4 is 34.2 Å². The molecule has 1 aromatic carbocycles. The van der Waals surface area contributed by atoms with Crippen LogP contribution >= 0.6 is 11.6 Å². The van der Waals surface area contributed by atoms with Crippen LogP contribution in [0.15, 0.2) is 24.3 Å². The van der Waals surface area contributed by atoms with Crippen molar-refractivity contribution in [2.24, 2.45) is 17.3 Å². The van der Waals surface area contributed by atoms with Crippen LogP contribution in [0, 0.1) is 17.3 Å². The molecule has 0 radical (unpaired) electrons. The summed E-state index contributed by atoms with van der Waals surface area (Å²) in [5, 5.41) is 22.2. The van der Waals surface area contributed by atoms with Crippen molar-refractivity contribution in [1.82, 2.24) is 14.9 Å². The molecule has 2 saturated heterocycles. The van der Waals surface area contributed by atoms with Gasteiger partial charge in [-0.15, -0.1) is 11.6 Å². The van der Waals surface area contributed by atoms with Gasteiger partial charge in [-0.05, 0) is 87.7 Å². The van der Waals surface area contributed by atoms with Gasteiger partial charge < -0.3 is 30.6 Å². The SMILES string of the molecule is CN(C)[C@H]1C[C@@]23CC[C@]4(O2)C2CC=C(c5ccc6nc(N)[nH]c6c5)[C@@]2(C)CCC4(Cl)CC3[C@@H](O)[C@@H]1O. The van der Waals surface area contributed by atoms with Crippen molar-refractivity contribution in [3.63, 3.8) is 0 Å². The normalized spacial score (nSPS) is 47.5. The lowest BCUT2D eigenvalue weighted by atomic mass is 9.52. The second kappa shape index (κ2) is 7.26. The van der Waals surface area contributed by atoms with Crippen molar-refractivity contribution in [1.29, 1.82) is 0 Å². The van der Waals surface area contributed by atoms with E-state index in [4.69, 9.17) is 22.1 Å². The van der Waals surface area contributed by atoms with Crippen LogP contribution < -0.4 is 5.73 Å². The van der Waals surface area contributed by atoms with Crippen LogP contribution in [-0.4, -0.2) is 73.5 Å². The molecule has 9 atom stereocenters.